The molecule has 9 nitrogen and oxygen atoms in total. The third kappa shape index (κ3) is 8.04. The molecule has 0 atom stereocenters. The minimum Gasteiger partial charge on any atom is -0.494 e. The highest BCUT2D eigenvalue weighted by Crippen LogP contribution is 2.38. The van der Waals surface area contributed by atoms with Crippen molar-refractivity contribution in [2.75, 3.05) is 12.4 Å². The maximum absolute atomic E-state index is 13.0. The number of nitrogens with zero attached hydrogens (tertiary/aromatic N) is 2. The predicted molar refractivity (Wildman–Crippen MR) is 131 cm³/mol. The summed E-state index contributed by atoms with van der Waals surface area (Å²) in [6, 6.07) is 6.06. The van der Waals surface area contributed by atoms with Crippen molar-refractivity contribution in [3.63, 3.8) is 0 Å². The van der Waals surface area contributed by atoms with Crippen LogP contribution in [0.1, 0.15) is 43.2 Å². The Kier molecular flexibility index (Phi) is 9.61. The van der Waals surface area contributed by atoms with E-state index in [2.05, 4.69) is 25.6 Å². The maximum Gasteiger partial charge on any atom is 0.416 e. The van der Waals surface area contributed by atoms with Gasteiger partial charge in [0, 0.05) is 41.8 Å². The highest BCUT2D eigenvalue weighted by Gasteiger charge is 2.32. The largest absolute Gasteiger partial charge is 0.494 e. The second-order valence-electron chi connectivity index (χ2n) is 8.33. The van der Waals surface area contributed by atoms with Crippen LogP contribution in [0.5, 0.6) is 5.75 Å². The van der Waals surface area contributed by atoms with Gasteiger partial charge in [-0.1, -0.05) is 19.3 Å². The summed E-state index contributed by atoms with van der Waals surface area (Å²) in [5, 5.41) is 14.5. The molecule has 0 saturated heterocycles. The van der Waals surface area contributed by atoms with Gasteiger partial charge < -0.3 is 25.5 Å². The van der Waals surface area contributed by atoms with E-state index in [0.29, 0.717) is 5.82 Å². The number of hydrogen-bond acceptors (Lipinski definition) is 6. The van der Waals surface area contributed by atoms with E-state index in [-0.39, 0.29) is 28.6 Å². The van der Waals surface area contributed by atoms with Crippen molar-refractivity contribution in [3.8, 4) is 17.1 Å². The smallest absolute Gasteiger partial charge is 0.416 e. The van der Waals surface area contributed by atoms with E-state index in [9.17, 15) is 27.9 Å². The molecular formula is C25H28F3N5O4. The average Bonchev–Trinajstić information content (AvgIpc) is 2.89. The first-order chi connectivity index (χ1) is 17.7. The molecule has 1 saturated carbocycles. The van der Waals surface area contributed by atoms with Crippen molar-refractivity contribution < 1.29 is 27.8 Å². The fraction of sp³-hybridized carbons (Fsp3) is 0.360. The van der Waals surface area contributed by atoms with E-state index >= 15 is 0 Å². The second kappa shape index (κ2) is 12.9. The topological polar surface area (TPSA) is 129 Å². The van der Waals surface area contributed by atoms with Gasteiger partial charge in [-0.3, -0.25) is 9.78 Å². The molecule has 1 aliphatic carbocycles. The van der Waals surface area contributed by atoms with Crippen LogP contribution in [-0.4, -0.2) is 39.2 Å². The number of amides is 2. The first-order valence-corrected chi connectivity index (χ1v) is 11.6. The monoisotopic (exact) mass is 519 g/mol. The van der Waals surface area contributed by atoms with E-state index < -0.39 is 24.4 Å². The molecular weight excluding hydrogens is 491 g/mol. The van der Waals surface area contributed by atoms with Crippen LogP contribution in [0.3, 0.4) is 0 Å². The number of hydrogen-bond donors (Lipinski definition) is 4. The van der Waals surface area contributed by atoms with Crippen LogP contribution in [-0.2, 0) is 12.8 Å². The molecule has 12 heteroatoms. The Morgan fingerprint density at radius 3 is 2.54 bits per heavy atom. The molecule has 0 radical (unpaired) electrons. The fourth-order valence-corrected chi connectivity index (χ4v) is 3.91. The lowest BCUT2D eigenvalue weighted by atomic mass is 9.96. The number of carbonyl (C=O) groups is 1. The third-order valence-corrected chi connectivity index (χ3v) is 5.66. The Morgan fingerprint density at radius 1 is 1.19 bits per heavy atom. The Bertz CT molecular complexity index is 1230. The molecule has 2 aromatic heterocycles. The molecule has 4 N–H and O–H groups in total. The van der Waals surface area contributed by atoms with Crippen LogP contribution in [0, 0.1) is 0 Å². The molecule has 0 aliphatic heterocycles. The Hall–Kier alpha value is -3.93. The van der Waals surface area contributed by atoms with Crippen LogP contribution >= 0.6 is 0 Å². The van der Waals surface area contributed by atoms with Crippen molar-refractivity contribution >= 4 is 11.7 Å². The number of alkyl halides is 3. The van der Waals surface area contributed by atoms with Gasteiger partial charge in [-0.2, -0.15) is 13.2 Å². The van der Waals surface area contributed by atoms with E-state index in [4.69, 9.17) is 4.74 Å². The molecule has 37 heavy (non-hydrogen) atoms. The van der Waals surface area contributed by atoms with Gasteiger partial charge in [-0.15, -0.1) is 0 Å². The first-order valence-electron chi connectivity index (χ1n) is 11.6. The standard InChI is InChI=1S/C16H21F3N2O3.C9H7N3O/c1-24-14-10(9-22)7-11(16(17,18)19)8-13(14)21-15(23)20-12-5-3-2-4-6-12;13-8-3-5-11-9(12-8)7-2-1-4-10-6-7/h7-8,12,22H,2-6,9H2,1H3,(H2,20,21,23);1-6H,(H,11,12,13). The van der Waals surface area contributed by atoms with E-state index in [0.717, 1.165) is 49.8 Å². The number of nitrogens with one attached hydrogen (secondary N) is 3. The number of carbonyl (C=O) groups excluding carboxylic acids is 1. The fourth-order valence-electron chi connectivity index (χ4n) is 3.91. The number of aliphatic hydroxyl groups is 1. The van der Waals surface area contributed by atoms with Crippen molar-refractivity contribution in [3.05, 3.63) is 70.4 Å². The number of urea groups is 1. The molecule has 1 aromatic carbocycles. The Balaban J connectivity index is 0.000000244. The zero-order chi connectivity index (χ0) is 26.8. The Morgan fingerprint density at radius 2 is 1.95 bits per heavy atom. The number of aliphatic hydroxyl groups excluding tert-OH is 1. The zero-order valence-corrected chi connectivity index (χ0v) is 20.1. The summed E-state index contributed by atoms with van der Waals surface area (Å²) in [5.74, 6) is 0.560. The van der Waals surface area contributed by atoms with Crippen LogP contribution in [0.15, 0.2) is 53.7 Å². The van der Waals surface area contributed by atoms with Crippen molar-refractivity contribution in [2.24, 2.45) is 0 Å². The molecule has 0 spiro atoms. The van der Waals surface area contributed by atoms with Crippen molar-refractivity contribution in [1.82, 2.24) is 20.3 Å². The number of benzene rings is 1. The normalized spacial score (nSPS) is 13.8. The summed E-state index contributed by atoms with van der Waals surface area (Å²) in [4.78, 5) is 33.6. The summed E-state index contributed by atoms with van der Waals surface area (Å²) >= 11 is 0. The van der Waals surface area contributed by atoms with Crippen LogP contribution in [0.25, 0.3) is 11.4 Å². The number of halogens is 3. The average molecular weight is 520 g/mol. The number of aromatic amines is 1. The maximum atomic E-state index is 13.0. The number of aromatic nitrogens is 3. The van der Waals surface area contributed by atoms with E-state index in [1.807, 2.05) is 6.07 Å². The summed E-state index contributed by atoms with van der Waals surface area (Å²) in [7, 11) is 1.27. The molecule has 0 unspecified atom stereocenters. The lowest BCUT2D eigenvalue weighted by molar-refractivity contribution is -0.137. The van der Waals surface area contributed by atoms with Crippen molar-refractivity contribution in [1.29, 1.82) is 0 Å². The van der Waals surface area contributed by atoms with Crippen molar-refractivity contribution in [2.45, 2.75) is 50.9 Å². The van der Waals surface area contributed by atoms with E-state index in [1.54, 1.807) is 18.5 Å². The van der Waals surface area contributed by atoms with Gasteiger partial charge in [0.1, 0.15) is 11.6 Å². The molecule has 1 aliphatic rings. The highest BCUT2D eigenvalue weighted by molar-refractivity contribution is 5.91. The highest BCUT2D eigenvalue weighted by atomic mass is 19.4. The van der Waals surface area contributed by atoms with Gasteiger partial charge in [0.25, 0.3) is 5.56 Å². The van der Waals surface area contributed by atoms with Crippen LogP contribution in [0.2, 0.25) is 0 Å². The van der Waals surface area contributed by atoms with Gasteiger partial charge >= 0.3 is 12.2 Å². The molecule has 2 amide bonds. The van der Waals surface area contributed by atoms with Gasteiger partial charge in [0.15, 0.2) is 0 Å². The molecule has 2 heterocycles. The zero-order valence-electron chi connectivity index (χ0n) is 20.1. The molecule has 198 valence electrons. The van der Waals surface area contributed by atoms with Gasteiger partial charge in [-0.25, -0.2) is 9.78 Å². The lowest BCUT2D eigenvalue weighted by Gasteiger charge is -2.23. The third-order valence-electron chi connectivity index (χ3n) is 5.66. The summed E-state index contributed by atoms with van der Waals surface area (Å²) in [5.41, 5.74) is -0.473. The quantitative estimate of drug-likeness (QED) is 0.393. The minimum absolute atomic E-state index is 0.0179. The van der Waals surface area contributed by atoms with Crippen LogP contribution < -0.4 is 20.9 Å². The molecule has 0 bridgehead atoms. The number of H-pyrrole nitrogens is 1. The summed E-state index contributed by atoms with van der Waals surface area (Å²) < 4.78 is 44.0. The number of anilines is 1. The molecule has 3 aromatic rings. The number of ether oxygens (including phenoxy) is 1. The predicted octanol–water partition coefficient (Wildman–Crippen LogP) is 4.49. The minimum atomic E-state index is -4.59. The number of pyridine rings is 1. The first kappa shape index (κ1) is 27.7. The summed E-state index contributed by atoms with van der Waals surface area (Å²) in [6.45, 7) is -0.633. The van der Waals surface area contributed by atoms with Gasteiger partial charge in [-0.05, 0) is 37.1 Å². The second-order valence-corrected chi connectivity index (χ2v) is 8.33. The van der Waals surface area contributed by atoms with E-state index in [1.165, 1.54) is 19.4 Å². The number of methoxy groups -OCH3 is 1. The Labute approximate surface area is 211 Å². The summed E-state index contributed by atoms with van der Waals surface area (Å²) in [6.07, 6.45) is 5.08. The van der Waals surface area contributed by atoms with Gasteiger partial charge in [0.05, 0.1) is 25.0 Å². The number of rotatable bonds is 5. The van der Waals surface area contributed by atoms with Gasteiger partial charge in [0.2, 0.25) is 0 Å². The molecule has 1 fully saturated rings. The lowest BCUT2D eigenvalue weighted by Crippen LogP contribution is -2.39. The SMILES string of the molecule is COc1c(CO)cc(C(F)(F)F)cc1NC(=O)NC1CCCCC1.O=c1ccnc(-c2cccnc2)[nH]1. The van der Waals surface area contributed by atoms with Crippen LogP contribution in [0.4, 0.5) is 23.7 Å². The molecule has 4 rings (SSSR count).